The molecule has 0 aliphatic rings. The Morgan fingerprint density at radius 3 is 2.38 bits per heavy atom. The van der Waals surface area contributed by atoms with E-state index < -0.39 is 44.2 Å². The molecule has 0 bridgehead atoms. The maximum atomic E-state index is 12.6. The summed E-state index contributed by atoms with van der Waals surface area (Å²) in [6, 6.07) is 1.50. The molecule has 10 heteroatoms. The first-order chi connectivity index (χ1) is 10.9. The minimum atomic E-state index is -4.73. The second-order valence-electron chi connectivity index (χ2n) is 5.46. The van der Waals surface area contributed by atoms with Gasteiger partial charge in [-0.1, -0.05) is 13.8 Å². The number of sulfonamides is 1. The van der Waals surface area contributed by atoms with Crippen molar-refractivity contribution in [2.75, 3.05) is 0 Å². The number of hydrogen-bond donors (Lipinski definition) is 2. The largest absolute Gasteiger partial charge is 0.480 e. The normalized spacial score (nSPS) is 13.5. The van der Waals surface area contributed by atoms with Crippen molar-refractivity contribution >= 4 is 16.0 Å². The van der Waals surface area contributed by atoms with Crippen LogP contribution in [0.4, 0.5) is 13.2 Å². The smallest absolute Gasteiger partial charge is 0.416 e. The second kappa shape index (κ2) is 7.19. The zero-order chi connectivity index (χ0) is 18.7. The summed E-state index contributed by atoms with van der Waals surface area (Å²) >= 11 is 0. The first-order valence-electron chi connectivity index (χ1n) is 6.75. The topological polar surface area (TPSA) is 107 Å². The van der Waals surface area contributed by atoms with Crippen LogP contribution < -0.4 is 4.72 Å². The van der Waals surface area contributed by atoms with E-state index in [-0.39, 0.29) is 12.3 Å². The fourth-order valence-electron chi connectivity index (χ4n) is 1.95. The fraction of sp³-hybridized carbons (Fsp3) is 0.429. The van der Waals surface area contributed by atoms with Gasteiger partial charge in [0, 0.05) is 0 Å². The monoisotopic (exact) mass is 364 g/mol. The maximum absolute atomic E-state index is 12.6. The van der Waals surface area contributed by atoms with Crippen LogP contribution in [0, 0.1) is 17.2 Å². The van der Waals surface area contributed by atoms with E-state index in [0.717, 1.165) is 0 Å². The number of carboxylic acids is 1. The van der Waals surface area contributed by atoms with E-state index in [2.05, 4.69) is 0 Å². The van der Waals surface area contributed by atoms with Gasteiger partial charge in [-0.05, 0) is 30.5 Å². The average molecular weight is 364 g/mol. The summed E-state index contributed by atoms with van der Waals surface area (Å²) in [7, 11) is -4.48. The summed E-state index contributed by atoms with van der Waals surface area (Å²) in [5.74, 6) is -1.56. The SMILES string of the molecule is CC(C)CC(NS(=O)(=O)c1ccc(C(F)(F)F)cc1C#N)C(=O)O. The lowest BCUT2D eigenvalue weighted by Gasteiger charge is -2.17. The number of halogens is 3. The van der Waals surface area contributed by atoms with Crippen molar-refractivity contribution in [3.63, 3.8) is 0 Å². The van der Waals surface area contributed by atoms with Crippen LogP contribution in [-0.4, -0.2) is 25.5 Å². The highest BCUT2D eigenvalue weighted by atomic mass is 32.2. The summed E-state index contributed by atoms with van der Waals surface area (Å²) in [4.78, 5) is 10.4. The number of nitrogens with zero attached hydrogens (tertiary/aromatic N) is 1. The van der Waals surface area contributed by atoms with Gasteiger partial charge in [-0.25, -0.2) is 8.42 Å². The maximum Gasteiger partial charge on any atom is 0.416 e. The van der Waals surface area contributed by atoms with Crippen LogP contribution in [0.2, 0.25) is 0 Å². The molecule has 1 aromatic carbocycles. The fourth-order valence-corrected chi connectivity index (χ4v) is 3.29. The van der Waals surface area contributed by atoms with Crippen LogP contribution in [0.3, 0.4) is 0 Å². The van der Waals surface area contributed by atoms with Crippen LogP contribution in [0.5, 0.6) is 0 Å². The van der Waals surface area contributed by atoms with Crippen molar-refractivity contribution in [2.45, 2.75) is 37.4 Å². The third-order valence-electron chi connectivity index (χ3n) is 3.02. The molecule has 0 heterocycles. The number of hydrogen-bond acceptors (Lipinski definition) is 4. The van der Waals surface area contributed by atoms with E-state index in [4.69, 9.17) is 10.4 Å². The molecule has 1 atom stereocenters. The molecule has 0 aromatic heterocycles. The van der Waals surface area contributed by atoms with Crippen molar-refractivity contribution in [3.8, 4) is 6.07 Å². The van der Waals surface area contributed by atoms with Crippen molar-refractivity contribution in [2.24, 2.45) is 5.92 Å². The molecule has 0 aliphatic carbocycles. The summed E-state index contributed by atoms with van der Waals surface area (Å²) in [5.41, 5.74) is -1.89. The lowest BCUT2D eigenvalue weighted by atomic mass is 10.1. The lowest BCUT2D eigenvalue weighted by Crippen LogP contribution is -2.41. The Bertz CT molecular complexity index is 767. The van der Waals surface area contributed by atoms with Crippen molar-refractivity contribution < 1.29 is 31.5 Å². The van der Waals surface area contributed by atoms with Crippen molar-refractivity contribution in [1.29, 1.82) is 5.26 Å². The molecule has 2 N–H and O–H groups in total. The molecule has 0 aliphatic heterocycles. The standard InChI is InChI=1S/C14H15F3N2O4S/c1-8(2)5-11(13(20)21)19-24(22,23)12-4-3-10(14(15,16)17)6-9(12)7-18/h3-4,6,8,11,19H,5H2,1-2H3,(H,20,21). The Kier molecular flexibility index (Phi) is 5.97. The van der Waals surface area contributed by atoms with Gasteiger partial charge in [0.05, 0.1) is 16.0 Å². The van der Waals surface area contributed by atoms with E-state index in [1.165, 1.54) is 6.07 Å². The molecule has 1 unspecified atom stereocenters. The van der Waals surface area contributed by atoms with E-state index in [9.17, 15) is 26.4 Å². The van der Waals surface area contributed by atoms with Crippen LogP contribution >= 0.6 is 0 Å². The van der Waals surface area contributed by atoms with Crippen LogP contribution in [0.25, 0.3) is 0 Å². The molecule has 1 rings (SSSR count). The van der Waals surface area contributed by atoms with Gasteiger partial charge in [0.1, 0.15) is 12.1 Å². The van der Waals surface area contributed by atoms with Crippen LogP contribution in [-0.2, 0) is 21.0 Å². The van der Waals surface area contributed by atoms with Crippen molar-refractivity contribution in [1.82, 2.24) is 4.72 Å². The van der Waals surface area contributed by atoms with Gasteiger partial charge >= 0.3 is 12.1 Å². The number of rotatable bonds is 6. The van der Waals surface area contributed by atoms with Crippen molar-refractivity contribution in [3.05, 3.63) is 29.3 Å². The van der Waals surface area contributed by atoms with Gasteiger partial charge in [0.2, 0.25) is 10.0 Å². The Labute approximate surface area is 137 Å². The van der Waals surface area contributed by atoms with E-state index in [0.29, 0.717) is 18.2 Å². The van der Waals surface area contributed by atoms with Gasteiger partial charge < -0.3 is 5.11 Å². The highest BCUT2D eigenvalue weighted by Crippen LogP contribution is 2.31. The van der Waals surface area contributed by atoms with Gasteiger partial charge in [-0.3, -0.25) is 4.79 Å². The number of benzene rings is 1. The third-order valence-corrected chi connectivity index (χ3v) is 4.55. The highest BCUT2D eigenvalue weighted by molar-refractivity contribution is 7.89. The minimum absolute atomic E-state index is 0.0168. The summed E-state index contributed by atoms with van der Waals surface area (Å²) in [6.45, 7) is 3.37. The van der Waals surface area contributed by atoms with Crippen LogP contribution in [0.1, 0.15) is 31.4 Å². The summed E-state index contributed by atoms with van der Waals surface area (Å²) in [5, 5.41) is 18.0. The Balaban J connectivity index is 3.28. The van der Waals surface area contributed by atoms with Gasteiger partial charge in [-0.2, -0.15) is 23.2 Å². The average Bonchev–Trinajstić information content (AvgIpc) is 2.44. The molecule has 0 saturated heterocycles. The zero-order valence-corrected chi connectivity index (χ0v) is 13.6. The van der Waals surface area contributed by atoms with Crippen LogP contribution in [0.15, 0.2) is 23.1 Å². The Hall–Kier alpha value is -2.12. The molecular weight excluding hydrogens is 349 g/mol. The molecular formula is C14H15F3N2O4S. The molecule has 0 amide bonds. The number of carbonyl (C=O) groups is 1. The molecule has 0 fully saturated rings. The summed E-state index contributed by atoms with van der Waals surface area (Å²) < 4.78 is 64.4. The molecule has 0 radical (unpaired) electrons. The lowest BCUT2D eigenvalue weighted by molar-refractivity contribution is -0.139. The second-order valence-corrected chi connectivity index (χ2v) is 7.14. The van der Waals surface area contributed by atoms with E-state index in [1.54, 1.807) is 13.8 Å². The Morgan fingerprint density at radius 1 is 1.38 bits per heavy atom. The van der Waals surface area contributed by atoms with E-state index in [1.807, 2.05) is 4.72 Å². The quantitative estimate of drug-likeness (QED) is 0.806. The molecule has 0 saturated carbocycles. The number of carboxylic acid groups (broad SMARTS) is 1. The Morgan fingerprint density at radius 2 is 1.96 bits per heavy atom. The zero-order valence-electron chi connectivity index (χ0n) is 12.8. The summed E-state index contributed by atoms with van der Waals surface area (Å²) in [6.07, 6.45) is -4.75. The number of nitrogens with one attached hydrogen (secondary N) is 1. The molecule has 132 valence electrons. The van der Waals surface area contributed by atoms with E-state index >= 15 is 0 Å². The minimum Gasteiger partial charge on any atom is -0.480 e. The molecule has 0 spiro atoms. The first-order valence-corrected chi connectivity index (χ1v) is 8.23. The molecule has 24 heavy (non-hydrogen) atoms. The predicted octanol–water partition coefficient (Wildman–Crippen LogP) is 2.35. The molecule has 1 aromatic rings. The molecule has 6 nitrogen and oxygen atoms in total. The predicted molar refractivity (Wildman–Crippen MR) is 77.4 cm³/mol. The van der Waals surface area contributed by atoms with Gasteiger partial charge in [0.25, 0.3) is 0 Å². The number of alkyl halides is 3. The number of aliphatic carboxylic acids is 1. The van der Waals surface area contributed by atoms with Gasteiger partial charge in [0.15, 0.2) is 0 Å². The first kappa shape index (κ1) is 19.9. The highest BCUT2D eigenvalue weighted by Gasteiger charge is 2.33. The number of nitriles is 1. The third kappa shape index (κ3) is 4.94. The van der Waals surface area contributed by atoms with Gasteiger partial charge in [-0.15, -0.1) is 0 Å².